The highest BCUT2D eigenvalue weighted by Gasteiger charge is 2.11. The van der Waals surface area contributed by atoms with Crippen molar-refractivity contribution in [1.29, 1.82) is 0 Å². The van der Waals surface area contributed by atoms with Gasteiger partial charge < -0.3 is 5.11 Å². The van der Waals surface area contributed by atoms with Crippen LogP contribution in [0.3, 0.4) is 0 Å². The molecule has 1 heterocycles. The third-order valence-electron chi connectivity index (χ3n) is 1.90. The van der Waals surface area contributed by atoms with Gasteiger partial charge in [0.15, 0.2) is 0 Å². The Labute approximate surface area is 91.6 Å². The van der Waals surface area contributed by atoms with Crippen LogP contribution < -0.4 is 0 Å². The fraction of sp³-hybridized carbons (Fsp3) is 0.125. The maximum absolute atomic E-state index is 9.67. The molecule has 0 saturated carbocycles. The Morgan fingerprint density at radius 1 is 1.38 bits per heavy atom. The predicted molar refractivity (Wildman–Crippen MR) is 57.8 cm³/mol. The highest BCUT2D eigenvalue weighted by atomic mass is 79.9. The molecule has 68 valence electrons. The minimum absolute atomic E-state index is 0.228. The smallest absolute Gasteiger partial charge is 0.140 e. The Morgan fingerprint density at radius 2 is 2.08 bits per heavy atom. The van der Waals surface area contributed by atoms with Gasteiger partial charge in [-0.05, 0) is 37.9 Å². The summed E-state index contributed by atoms with van der Waals surface area (Å²) < 4.78 is 3.29. The molecule has 1 N–H and O–H groups in total. The van der Waals surface area contributed by atoms with Gasteiger partial charge in [-0.2, -0.15) is 5.10 Å². The molecule has 0 fully saturated rings. The Morgan fingerprint density at radius 3 is 2.77 bits per heavy atom. The number of aryl methyl sites for hydroxylation is 1. The zero-order valence-electron chi connectivity index (χ0n) is 6.75. The Balaban J connectivity index is 2.99. The summed E-state index contributed by atoms with van der Waals surface area (Å²) in [6.45, 7) is 0. The highest BCUT2D eigenvalue weighted by Crippen LogP contribution is 2.36. The summed E-state index contributed by atoms with van der Waals surface area (Å²) in [6.07, 6.45) is 1.64. The summed E-state index contributed by atoms with van der Waals surface area (Å²) in [5.74, 6) is 0.228. The van der Waals surface area contributed by atoms with Crippen LogP contribution in [-0.4, -0.2) is 14.9 Å². The Hall–Kier alpha value is -0.550. The van der Waals surface area contributed by atoms with E-state index >= 15 is 0 Å². The lowest BCUT2D eigenvalue weighted by molar-refractivity contribution is 0.478. The molecule has 2 aromatic rings. The quantitative estimate of drug-likeness (QED) is 0.813. The summed E-state index contributed by atoms with van der Waals surface area (Å²) in [4.78, 5) is 0. The van der Waals surface area contributed by atoms with Crippen LogP contribution in [0, 0.1) is 0 Å². The molecule has 13 heavy (non-hydrogen) atoms. The van der Waals surface area contributed by atoms with Gasteiger partial charge in [0, 0.05) is 11.5 Å². The molecule has 5 heteroatoms. The monoisotopic (exact) mass is 304 g/mol. The van der Waals surface area contributed by atoms with Gasteiger partial charge in [0.05, 0.1) is 21.6 Å². The standard InChI is InChI=1S/C8H6Br2N2O/c1-12-7-4(3-11-12)8(13)6(10)2-5(7)9/h2-3,13H,1H3. The minimum Gasteiger partial charge on any atom is -0.506 e. The molecule has 0 unspecified atom stereocenters. The van der Waals surface area contributed by atoms with E-state index in [1.54, 1.807) is 16.9 Å². The molecule has 1 aromatic carbocycles. The van der Waals surface area contributed by atoms with Crippen molar-refractivity contribution in [3.8, 4) is 5.75 Å². The number of phenolic OH excluding ortho intramolecular Hbond substituents is 1. The maximum Gasteiger partial charge on any atom is 0.140 e. The van der Waals surface area contributed by atoms with Crippen molar-refractivity contribution in [3.63, 3.8) is 0 Å². The Bertz CT molecular complexity index is 478. The van der Waals surface area contributed by atoms with Gasteiger partial charge in [-0.3, -0.25) is 4.68 Å². The second-order valence-corrected chi connectivity index (χ2v) is 4.43. The van der Waals surface area contributed by atoms with Crippen molar-refractivity contribution in [2.24, 2.45) is 7.05 Å². The lowest BCUT2D eigenvalue weighted by Gasteiger charge is -2.02. The van der Waals surface area contributed by atoms with Crippen molar-refractivity contribution in [3.05, 3.63) is 21.2 Å². The number of aromatic nitrogens is 2. The lowest BCUT2D eigenvalue weighted by atomic mass is 10.2. The average Bonchev–Trinajstić information content (AvgIpc) is 2.44. The SMILES string of the molecule is Cn1ncc2c(O)c(Br)cc(Br)c21. The van der Waals surface area contributed by atoms with Crippen LogP contribution in [0.4, 0.5) is 0 Å². The number of nitrogens with zero attached hydrogens (tertiary/aromatic N) is 2. The molecule has 0 bridgehead atoms. The average molecular weight is 306 g/mol. The number of benzene rings is 1. The van der Waals surface area contributed by atoms with Crippen LogP contribution in [0.2, 0.25) is 0 Å². The summed E-state index contributed by atoms with van der Waals surface area (Å²) in [5, 5.41) is 14.5. The van der Waals surface area contributed by atoms with Crippen molar-refractivity contribution >= 4 is 42.8 Å². The largest absolute Gasteiger partial charge is 0.506 e. The zero-order chi connectivity index (χ0) is 9.59. The summed E-state index contributed by atoms with van der Waals surface area (Å²) >= 11 is 6.67. The van der Waals surface area contributed by atoms with Crippen molar-refractivity contribution in [2.45, 2.75) is 0 Å². The van der Waals surface area contributed by atoms with Crippen LogP contribution >= 0.6 is 31.9 Å². The lowest BCUT2D eigenvalue weighted by Crippen LogP contribution is -1.89. The van der Waals surface area contributed by atoms with Crippen LogP contribution in [0.25, 0.3) is 10.9 Å². The molecule has 0 aliphatic carbocycles. The molecule has 2 rings (SSSR count). The van der Waals surface area contributed by atoms with E-state index in [0.29, 0.717) is 4.47 Å². The fourth-order valence-electron chi connectivity index (χ4n) is 1.27. The number of hydrogen-bond acceptors (Lipinski definition) is 2. The van der Waals surface area contributed by atoms with E-state index in [4.69, 9.17) is 0 Å². The van der Waals surface area contributed by atoms with Crippen LogP contribution in [0.1, 0.15) is 0 Å². The zero-order valence-corrected chi connectivity index (χ0v) is 9.92. The summed E-state index contributed by atoms with van der Waals surface area (Å²) in [6, 6.07) is 1.80. The normalized spacial score (nSPS) is 11.0. The molecule has 0 spiro atoms. The van der Waals surface area contributed by atoms with Crippen molar-refractivity contribution in [1.82, 2.24) is 9.78 Å². The van der Waals surface area contributed by atoms with Crippen molar-refractivity contribution < 1.29 is 5.11 Å². The van der Waals surface area contributed by atoms with Crippen molar-refractivity contribution in [2.75, 3.05) is 0 Å². The minimum atomic E-state index is 0.228. The molecular weight excluding hydrogens is 300 g/mol. The highest BCUT2D eigenvalue weighted by molar-refractivity contribution is 9.11. The second-order valence-electron chi connectivity index (χ2n) is 2.72. The van der Waals surface area contributed by atoms with Gasteiger partial charge in [0.1, 0.15) is 5.75 Å². The van der Waals surface area contributed by atoms with Crippen LogP contribution in [0.15, 0.2) is 21.2 Å². The van der Waals surface area contributed by atoms with E-state index in [1.165, 1.54) is 0 Å². The molecule has 0 radical (unpaired) electrons. The first-order chi connectivity index (χ1) is 6.11. The van der Waals surface area contributed by atoms with Crippen LogP contribution in [-0.2, 0) is 7.05 Å². The van der Waals surface area contributed by atoms with Gasteiger partial charge in [-0.1, -0.05) is 0 Å². The topological polar surface area (TPSA) is 38.0 Å². The van der Waals surface area contributed by atoms with Gasteiger partial charge in [-0.15, -0.1) is 0 Å². The van der Waals surface area contributed by atoms with Gasteiger partial charge >= 0.3 is 0 Å². The molecular formula is C8H6Br2N2O. The van der Waals surface area contributed by atoms with E-state index in [-0.39, 0.29) is 5.75 Å². The second kappa shape index (κ2) is 2.99. The molecule has 0 atom stereocenters. The third-order valence-corrected chi connectivity index (χ3v) is 3.11. The number of fused-ring (bicyclic) bond motifs is 1. The van der Waals surface area contributed by atoms with E-state index in [9.17, 15) is 5.11 Å². The number of aromatic hydroxyl groups is 1. The van der Waals surface area contributed by atoms with E-state index in [2.05, 4.69) is 37.0 Å². The third kappa shape index (κ3) is 1.26. The summed E-state index contributed by atoms with van der Waals surface area (Å²) in [5.41, 5.74) is 0.890. The number of halogens is 2. The maximum atomic E-state index is 9.67. The first-order valence-electron chi connectivity index (χ1n) is 3.60. The molecule has 0 saturated heterocycles. The molecule has 3 nitrogen and oxygen atoms in total. The van der Waals surface area contributed by atoms with Gasteiger partial charge in [0.2, 0.25) is 0 Å². The molecule has 0 aliphatic rings. The van der Waals surface area contributed by atoms with E-state index in [1.807, 2.05) is 7.05 Å². The first kappa shape index (κ1) is 9.02. The van der Waals surface area contributed by atoms with Crippen LogP contribution in [0.5, 0.6) is 5.75 Å². The molecule has 0 amide bonds. The first-order valence-corrected chi connectivity index (χ1v) is 5.18. The number of phenols is 1. The number of rotatable bonds is 0. The molecule has 1 aromatic heterocycles. The van der Waals surface area contributed by atoms with E-state index < -0.39 is 0 Å². The fourth-order valence-corrected chi connectivity index (χ4v) is 2.72. The van der Waals surface area contributed by atoms with E-state index in [0.717, 1.165) is 15.4 Å². The number of hydrogen-bond donors (Lipinski definition) is 1. The Kier molecular flexibility index (Phi) is 2.08. The van der Waals surface area contributed by atoms with Gasteiger partial charge in [0.25, 0.3) is 0 Å². The molecule has 0 aliphatic heterocycles. The summed E-state index contributed by atoms with van der Waals surface area (Å²) in [7, 11) is 1.83. The van der Waals surface area contributed by atoms with Gasteiger partial charge in [-0.25, -0.2) is 0 Å². The predicted octanol–water partition coefficient (Wildman–Crippen LogP) is 2.80.